The van der Waals surface area contributed by atoms with Gasteiger partial charge in [-0.2, -0.15) is 0 Å². The number of hydrogen-bond donors (Lipinski definition) is 1. The molecule has 7 heteroatoms. The quantitative estimate of drug-likeness (QED) is 0.371. The summed E-state index contributed by atoms with van der Waals surface area (Å²) in [5.74, 6) is -0.228. The van der Waals surface area contributed by atoms with Crippen molar-refractivity contribution in [2.45, 2.75) is 64.5 Å². The molecule has 6 nitrogen and oxygen atoms in total. The van der Waals surface area contributed by atoms with Crippen molar-refractivity contribution in [1.82, 2.24) is 10.2 Å². The smallest absolute Gasteiger partial charge is 0.408 e. The largest absolute Gasteiger partial charge is 0.444 e. The molecule has 2 aromatic carbocycles. The fraction of sp³-hybridized carbons (Fsp3) is 0.455. The number of carbonyl (C=O) groups is 1. The van der Waals surface area contributed by atoms with E-state index in [4.69, 9.17) is 9.73 Å². The molecule has 3 aliphatic rings. The Morgan fingerprint density at radius 2 is 1.80 bits per heavy atom. The number of halogens is 1. The van der Waals surface area contributed by atoms with Gasteiger partial charge in [0.15, 0.2) is 0 Å². The first kappa shape index (κ1) is 28.0. The van der Waals surface area contributed by atoms with Crippen LogP contribution in [0, 0.1) is 11.2 Å². The topological polar surface area (TPSA) is 66.3 Å². The number of hydrogen-bond acceptors (Lipinski definition) is 5. The van der Waals surface area contributed by atoms with E-state index in [1.807, 2.05) is 51.1 Å². The number of alkyl carbamates (subject to hydrolysis) is 1. The number of piperidine rings is 1. The molecular weight excluding hydrogens is 503 g/mol. The van der Waals surface area contributed by atoms with Crippen LogP contribution in [0.4, 0.5) is 9.18 Å². The summed E-state index contributed by atoms with van der Waals surface area (Å²) in [6, 6.07) is 16.6. The highest BCUT2D eigenvalue weighted by Gasteiger charge is 2.46. The van der Waals surface area contributed by atoms with E-state index < -0.39 is 11.7 Å². The van der Waals surface area contributed by atoms with Crippen LogP contribution in [-0.2, 0) is 11.2 Å². The summed E-state index contributed by atoms with van der Waals surface area (Å²) in [6.45, 7) is 9.24. The third-order valence-electron chi connectivity index (χ3n) is 7.88. The minimum Gasteiger partial charge on any atom is -0.444 e. The van der Waals surface area contributed by atoms with E-state index >= 15 is 0 Å². The molecule has 0 radical (unpaired) electrons. The number of nitrogens with one attached hydrogen (secondary N) is 1. The van der Waals surface area contributed by atoms with E-state index in [0.717, 1.165) is 68.7 Å². The van der Waals surface area contributed by atoms with Gasteiger partial charge in [0.1, 0.15) is 11.4 Å². The lowest BCUT2D eigenvalue weighted by atomic mass is 9.70. The van der Waals surface area contributed by atoms with E-state index in [-0.39, 0.29) is 17.3 Å². The summed E-state index contributed by atoms with van der Waals surface area (Å²) in [5.41, 5.74) is 8.17. The van der Waals surface area contributed by atoms with Crippen molar-refractivity contribution in [1.29, 1.82) is 0 Å². The lowest BCUT2D eigenvalue weighted by Gasteiger charge is -2.41. The summed E-state index contributed by atoms with van der Waals surface area (Å²) >= 11 is 0. The van der Waals surface area contributed by atoms with Gasteiger partial charge in [-0.1, -0.05) is 42.5 Å². The summed E-state index contributed by atoms with van der Waals surface area (Å²) in [4.78, 5) is 24.8. The molecule has 1 saturated heterocycles. The van der Waals surface area contributed by atoms with Crippen LogP contribution in [0.5, 0.6) is 0 Å². The van der Waals surface area contributed by atoms with Crippen molar-refractivity contribution in [3.63, 3.8) is 0 Å². The molecule has 3 heterocycles. The first-order valence-corrected chi connectivity index (χ1v) is 14.3. The Bertz CT molecular complexity index is 1330. The maximum Gasteiger partial charge on any atom is 0.408 e. The summed E-state index contributed by atoms with van der Waals surface area (Å²) in [6.07, 6.45) is 5.90. The Balaban J connectivity index is 1.22. The molecule has 3 aliphatic heterocycles. The summed E-state index contributed by atoms with van der Waals surface area (Å²) < 4.78 is 18.9. The predicted octanol–water partition coefficient (Wildman–Crippen LogP) is 6.44. The maximum absolute atomic E-state index is 13.4. The number of ether oxygens (including phenoxy) is 1. The second-order valence-corrected chi connectivity index (χ2v) is 11.9. The molecule has 0 aliphatic carbocycles. The highest BCUT2D eigenvalue weighted by atomic mass is 19.1. The Morgan fingerprint density at radius 1 is 1.10 bits per heavy atom. The molecule has 1 amide bonds. The Morgan fingerprint density at radius 3 is 2.45 bits per heavy atom. The molecule has 0 bridgehead atoms. The van der Waals surface area contributed by atoms with Crippen LogP contribution in [0.25, 0.3) is 0 Å². The van der Waals surface area contributed by atoms with Gasteiger partial charge in [-0.25, -0.2) is 9.18 Å². The number of benzene rings is 2. The van der Waals surface area contributed by atoms with Crippen LogP contribution in [0.1, 0.15) is 63.6 Å². The normalized spacial score (nSPS) is 19.2. The van der Waals surface area contributed by atoms with Gasteiger partial charge in [-0.3, -0.25) is 9.98 Å². The molecule has 1 N–H and O–H groups in total. The molecule has 1 atom stereocenters. The summed E-state index contributed by atoms with van der Waals surface area (Å²) in [7, 11) is 0. The highest BCUT2D eigenvalue weighted by Crippen LogP contribution is 2.41. The molecule has 0 spiro atoms. The van der Waals surface area contributed by atoms with Gasteiger partial charge in [-0.15, -0.1) is 5.73 Å². The highest BCUT2D eigenvalue weighted by molar-refractivity contribution is 6.18. The standard InChI is InChI=1S/C33H39FN4O2/c1-32(2,3)40-31(39)37-28(25-8-5-4-6-9-25)16-19-38-20-17-33(18-21-38,30-23-35-30)29-11-7-10-27(36-29)22-24-12-14-26(34)15-13-24/h4-9,12-15,28H,11,16-23H2,1-3H3,(H,37,39). The lowest BCUT2D eigenvalue weighted by Crippen LogP contribution is -2.48. The zero-order chi connectivity index (χ0) is 28.2. The van der Waals surface area contributed by atoms with Crippen LogP contribution in [0.3, 0.4) is 0 Å². The van der Waals surface area contributed by atoms with Crippen molar-refractivity contribution in [2.24, 2.45) is 15.4 Å². The molecule has 40 heavy (non-hydrogen) atoms. The second-order valence-electron chi connectivity index (χ2n) is 11.9. The third kappa shape index (κ3) is 7.15. The molecule has 1 unspecified atom stereocenters. The van der Waals surface area contributed by atoms with Crippen LogP contribution < -0.4 is 5.32 Å². The van der Waals surface area contributed by atoms with Gasteiger partial charge in [0.25, 0.3) is 0 Å². The minimum absolute atomic E-state index is 0.0866. The second kappa shape index (κ2) is 11.9. The first-order valence-electron chi connectivity index (χ1n) is 14.3. The number of aliphatic imine (C=N–C) groups is 2. The number of allylic oxidation sites excluding steroid dienone is 1. The van der Waals surface area contributed by atoms with E-state index in [1.54, 1.807) is 0 Å². The zero-order valence-corrected chi connectivity index (χ0v) is 23.8. The molecule has 0 saturated carbocycles. The fourth-order valence-electron chi connectivity index (χ4n) is 5.71. The van der Waals surface area contributed by atoms with E-state index in [9.17, 15) is 9.18 Å². The number of carbonyl (C=O) groups excluding carboxylic acids is 1. The molecule has 2 aromatic rings. The lowest BCUT2D eigenvalue weighted by molar-refractivity contribution is 0.0496. The number of likely N-dealkylation sites (tertiary alicyclic amines) is 1. The van der Waals surface area contributed by atoms with E-state index in [1.165, 1.54) is 23.6 Å². The van der Waals surface area contributed by atoms with Gasteiger partial charge < -0.3 is 15.0 Å². The van der Waals surface area contributed by atoms with Gasteiger partial charge in [0.2, 0.25) is 0 Å². The van der Waals surface area contributed by atoms with Crippen molar-refractivity contribution in [2.75, 3.05) is 26.2 Å². The predicted molar refractivity (Wildman–Crippen MR) is 157 cm³/mol. The molecule has 1 fully saturated rings. The van der Waals surface area contributed by atoms with Crippen LogP contribution in [-0.4, -0.2) is 54.2 Å². The van der Waals surface area contributed by atoms with Gasteiger partial charge in [0.05, 0.1) is 23.7 Å². The molecule has 0 aromatic heterocycles. The van der Waals surface area contributed by atoms with Crippen LogP contribution in [0.15, 0.2) is 82.1 Å². The number of amides is 1. The Kier molecular flexibility index (Phi) is 8.34. The Labute approximate surface area is 236 Å². The Hall–Kier alpha value is -3.54. The van der Waals surface area contributed by atoms with Crippen molar-refractivity contribution < 1.29 is 13.9 Å². The monoisotopic (exact) mass is 542 g/mol. The zero-order valence-electron chi connectivity index (χ0n) is 23.8. The average Bonchev–Trinajstić information content (AvgIpc) is 3.79. The minimum atomic E-state index is -0.544. The number of rotatable bonds is 9. The average molecular weight is 543 g/mol. The summed E-state index contributed by atoms with van der Waals surface area (Å²) in [5, 5.41) is 3.09. The van der Waals surface area contributed by atoms with Crippen molar-refractivity contribution in [3.05, 3.63) is 89.0 Å². The van der Waals surface area contributed by atoms with Gasteiger partial charge in [0, 0.05) is 30.8 Å². The molecule has 210 valence electrons. The molecule has 5 rings (SSSR count). The van der Waals surface area contributed by atoms with E-state index in [2.05, 4.69) is 39.1 Å². The maximum atomic E-state index is 13.4. The van der Waals surface area contributed by atoms with Crippen molar-refractivity contribution >= 4 is 17.5 Å². The SMILES string of the molecule is CC(C)(C)OC(=O)NC(CCN1CCC(C2=NC2)(C2=NC(Cc3ccc(F)cc3)=C=CC2)CC1)c1ccccc1. The van der Waals surface area contributed by atoms with Crippen LogP contribution in [0.2, 0.25) is 0 Å². The van der Waals surface area contributed by atoms with Crippen molar-refractivity contribution in [3.8, 4) is 0 Å². The first-order chi connectivity index (χ1) is 19.2. The van der Waals surface area contributed by atoms with E-state index in [0.29, 0.717) is 6.42 Å². The third-order valence-corrected chi connectivity index (χ3v) is 7.88. The molecular formula is C33H39FN4O2. The van der Waals surface area contributed by atoms with Crippen LogP contribution >= 0.6 is 0 Å². The fourth-order valence-corrected chi connectivity index (χ4v) is 5.71. The van der Waals surface area contributed by atoms with Gasteiger partial charge in [-0.05, 0) is 82.5 Å². The van der Waals surface area contributed by atoms with Gasteiger partial charge >= 0.3 is 6.09 Å². The number of nitrogens with zero attached hydrogens (tertiary/aromatic N) is 3.